The van der Waals surface area contributed by atoms with Gasteiger partial charge in [0.1, 0.15) is 17.4 Å². The molecule has 3 rings (SSSR count). The Morgan fingerprint density at radius 2 is 2.25 bits per heavy atom. The average Bonchev–Trinajstić information content (AvgIpc) is 2.97. The van der Waals surface area contributed by atoms with Crippen LogP contribution in [0, 0.1) is 19.8 Å². The molecule has 0 amide bonds. The maximum atomic E-state index is 10.2. The van der Waals surface area contributed by atoms with Crippen molar-refractivity contribution in [2.45, 2.75) is 26.4 Å². The summed E-state index contributed by atoms with van der Waals surface area (Å²) in [5.74, 6) is 2.57. The Morgan fingerprint density at radius 1 is 1.40 bits per heavy atom. The lowest BCUT2D eigenvalue weighted by molar-refractivity contribution is 0.143. The van der Waals surface area contributed by atoms with Gasteiger partial charge in [0.25, 0.3) is 0 Å². The third-order valence-corrected chi connectivity index (χ3v) is 3.63. The fourth-order valence-electron chi connectivity index (χ4n) is 2.63. The van der Waals surface area contributed by atoms with Gasteiger partial charge in [-0.25, -0.2) is 9.97 Å². The first-order valence-corrected chi connectivity index (χ1v) is 6.76. The number of aliphatic hydroxyl groups is 1. The lowest BCUT2D eigenvalue weighted by Gasteiger charge is -2.16. The van der Waals surface area contributed by atoms with Gasteiger partial charge in [-0.05, 0) is 19.9 Å². The summed E-state index contributed by atoms with van der Waals surface area (Å²) in [6.07, 6.45) is 2.07. The molecular formula is C14H18N4O2. The molecule has 0 unspecified atom stereocenters. The van der Waals surface area contributed by atoms with Gasteiger partial charge in [0.15, 0.2) is 0 Å². The predicted molar refractivity (Wildman–Crippen MR) is 73.4 cm³/mol. The van der Waals surface area contributed by atoms with Gasteiger partial charge in [-0.1, -0.05) is 5.16 Å². The lowest BCUT2D eigenvalue weighted by atomic mass is 10.0. The molecule has 1 saturated heterocycles. The van der Waals surface area contributed by atoms with Crippen LogP contribution in [0.2, 0.25) is 0 Å². The van der Waals surface area contributed by atoms with Gasteiger partial charge in [-0.15, -0.1) is 0 Å². The number of aliphatic hydroxyl groups excluding tert-OH is 1. The van der Waals surface area contributed by atoms with E-state index in [-0.39, 0.29) is 12.0 Å². The minimum atomic E-state index is -0.379. The standard InChI is InChI=1S/C14H18N4O2/c1-9-5-12(20-17-9)6-11-7-18(8-13(11)19)14-3-4-15-10(2)16-14/h3-5,11,13,19H,6-8H2,1-2H3/t11-,13+/m1/s1. The highest BCUT2D eigenvalue weighted by Crippen LogP contribution is 2.25. The summed E-state index contributed by atoms with van der Waals surface area (Å²) in [5.41, 5.74) is 0.871. The normalized spacial score (nSPS) is 22.4. The lowest BCUT2D eigenvalue weighted by Crippen LogP contribution is -2.22. The molecule has 106 valence electrons. The van der Waals surface area contributed by atoms with Crippen LogP contribution in [0.25, 0.3) is 0 Å². The van der Waals surface area contributed by atoms with Crippen molar-refractivity contribution in [3.8, 4) is 0 Å². The molecule has 0 aliphatic carbocycles. The van der Waals surface area contributed by atoms with Gasteiger partial charge in [0.2, 0.25) is 0 Å². The van der Waals surface area contributed by atoms with Crippen molar-refractivity contribution in [1.82, 2.24) is 15.1 Å². The zero-order valence-electron chi connectivity index (χ0n) is 11.7. The molecule has 0 aromatic carbocycles. The summed E-state index contributed by atoms with van der Waals surface area (Å²) in [4.78, 5) is 10.6. The predicted octanol–water partition coefficient (Wildman–Crippen LogP) is 1.12. The molecule has 1 N–H and O–H groups in total. The smallest absolute Gasteiger partial charge is 0.137 e. The summed E-state index contributed by atoms with van der Waals surface area (Å²) < 4.78 is 5.23. The van der Waals surface area contributed by atoms with E-state index in [1.165, 1.54) is 0 Å². The van der Waals surface area contributed by atoms with E-state index in [9.17, 15) is 5.11 Å². The van der Waals surface area contributed by atoms with Gasteiger partial charge >= 0.3 is 0 Å². The molecule has 1 fully saturated rings. The molecule has 6 nitrogen and oxygen atoms in total. The van der Waals surface area contributed by atoms with Crippen LogP contribution >= 0.6 is 0 Å². The zero-order chi connectivity index (χ0) is 14.1. The van der Waals surface area contributed by atoms with Gasteiger partial charge in [-0.3, -0.25) is 0 Å². The second-order valence-corrected chi connectivity index (χ2v) is 5.33. The minimum absolute atomic E-state index is 0.137. The molecule has 1 aliphatic rings. The second kappa shape index (κ2) is 5.20. The molecule has 2 aromatic heterocycles. The Balaban J connectivity index is 1.70. The first-order valence-electron chi connectivity index (χ1n) is 6.76. The quantitative estimate of drug-likeness (QED) is 0.904. The zero-order valence-corrected chi connectivity index (χ0v) is 11.7. The average molecular weight is 274 g/mol. The third kappa shape index (κ3) is 2.65. The van der Waals surface area contributed by atoms with Crippen molar-refractivity contribution in [2.75, 3.05) is 18.0 Å². The Labute approximate surface area is 117 Å². The fourth-order valence-corrected chi connectivity index (χ4v) is 2.63. The highest BCUT2D eigenvalue weighted by Gasteiger charge is 2.33. The van der Waals surface area contributed by atoms with Gasteiger partial charge in [-0.2, -0.15) is 0 Å². The molecule has 0 spiro atoms. The van der Waals surface area contributed by atoms with Crippen molar-refractivity contribution in [3.05, 3.63) is 35.6 Å². The number of anilines is 1. The molecule has 1 aliphatic heterocycles. The Morgan fingerprint density at radius 3 is 2.95 bits per heavy atom. The Hall–Kier alpha value is -1.95. The van der Waals surface area contributed by atoms with Crippen LogP contribution in [0.1, 0.15) is 17.3 Å². The van der Waals surface area contributed by atoms with Crippen LogP contribution < -0.4 is 4.90 Å². The molecule has 2 atom stereocenters. The summed E-state index contributed by atoms with van der Waals surface area (Å²) in [6.45, 7) is 5.12. The monoisotopic (exact) mass is 274 g/mol. The maximum absolute atomic E-state index is 10.2. The van der Waals surface area contributed by atoms with Crippen LogP contribution in [0.15, 0.2) is 22.9 Å². The van der Waals surface area contributed by atoms with Crippen molar-refractivity contribution in [3.63, 3.8) is 0 Å². The molecule has 0 bridgehead atoms. The molecule has 2 aromatic rings. The second-order valence-electron chi connectivity index (χ2n) is 5.33. The van der Waals surface area contributed by atoms with E-state index in [1.807, 2.05) is 26.0 Å². The number of nitrogens with zero attached hydrogens (tertiary/aromatic N) is 4. The maximum Gasteiger partial charge on any atom is 0.137 e. The van der Waals surface area contributed by atoms with Crippen molar-refractivity contribution < 1.29 is 9.63 Å². The van der Waals surface area contributed by atoms with E-state index in [1.54, 1.807) is 6.20 Å². The summed E-state index contributed by atoms with van der Waals surface area (Å²) in [7, 11) is 0. The Bertz CT molecular complexity index is 598. The highest BCUT2D eigenvalue weighted by molar-refractivity contribution is 5.39. The van der Waals surface area contributed by atoms with E-state index in [2.05, 4.69) is 20.0 Å². The van der Waals surface area contributed by atoms with E-state index >= 15 is 0 Å². The molecule has 0 saturated carbocycles. The third-order valence-electron chi connectivity index (χ3n) is 3.63. The van der Waals surface area contributed by atoms with Crippen molar-refractivity contribution in [1.29, 1.82) is 0 Å². The van der Waals surface area contributed by atoms with Crippen LogP contribution in [-0.4, -0.2) is 39.4 Å². The first-order chi connectivity index (χ1) is 9.61. The number of hydrogen-bond donors (Lipinski definition) is 1. The summed E-state index contributed by atoms with van der Waals surface area (Å²) in [5, 5.41) is 14.1. The fraction of sp³-hybridized carbons (Fsp3) is 0.500. The number of aryl methyl sites for hydroxylation is 2. The number of β-amino-alcohol motifs (C(OH)–C–C–N with tert-alkyl or cyclic N) is 1. The van der Waals surface area contributed by atoms with Crippen LogP contribution in [-0.2, 0) is 6.42 Å². The van der Waals surface area contributed by atoms with E-state index in [0.29, 0.717) is 13.0 Å². The first kappa shape index (κ1) is 13.1. The van der Waals surface area contributed by atoms with Crippen LogP contribution in [0.5, 0.6) is 0 Å². The number of hydrogen-bond acceptors (Lipinski definition) is 6. The topological polar surface area (TPSA) is 75.3 Å². The summed E-state index contributed by atoms with van der Waals surface area (Å²) >= 11 is 0. The summed E-state index contributed by atoms with van der Waals surface area (Å²) in [6, 6.07) is 3.80. The van der Waals surface area contributed by atoms with Gasteiger partial charge in [0.05, 0.1) is 11.8 Å². The molecular weight excluding hydrogens is 256 g/mol. The van der Waals surface area contributed by atoms with E-state index in [0.717, 1.165) is 29.6 Å². The Kier molecular flexibility index (Phi) is 3.40. The molecule has 20 heavy (non-hydrogen) atoms. The van der Waals surface area contributed by atoms with E-state index in [4.69, 9.17) is 4.52 Å². The number of aromatic nitrogens is 3. The van der Waals surface area contributed by atoms with Gasteiger partial charge < -0.3 is 14.5 Å². The minimum Gasteiger partial charge on any atom is -0.391 e. The molecule has 0 radical (unpaired) electrons. The highest BCUT2D eigenvalue weighted by atomic mass is 16.5. The SMILES string of the molecule is Cc1cc(C[C@@H]2CN(c3ccnc(C)n3)C[C@@H]2O)on1. The molecule has 6 heteroatoms. The van der Waals surface area contributed by atoms with Gasteiger partial charge in [0, 0.05) is 37.7 Å². The van der Waals surface area contributed by atoms with Crippen LogP contribution in [0.3, 0.4) is 0 Å². The number of rotatable bonds is 3. The van der Waals surface area contributed by atoms with Crippen molar-refractivity contribution >= 4 is 5.82 Å². The largest absolute Gasteiger partial charge is 0.391 e. The van der Waals surface area contributed by atoms with Crippen LogP contribution in [0.4, 0.5) is 5.82 Å². The van der Waals surface area contributed by atoms with E-state index < -0.39 is 0 Å². The van der Waals surface area contributed by atoms with Crippen molar-refractivity contribution in [2.24, 2.45) is 5.92 Å². The molecule has 3 heterocycles.